The van der Waals surface area contributed by atoms with Gasteiger partial charge in [-0.15, -0.1) is 5.19 Å². The van der Waals surface area contributed by atoms with Gasteiger partial charge in [-0.25, -0.2) is 0 Å². The number of hydrogen-bond donors (Lipinski definition) is 0. The molecule has 0 saturated heterocycles. The summed E-state index contributed by atoms with van der Waals surface area (Å²) in [6.07, 6.45) is 0. The molecule has 0 radical (unpaired) electrons. The van der Waals surface area contributed by atoms with Gasteiger partial charge in [0.1, 0.15) is 8.07 Å². The van der Waals surface area contributed by atoms with E-state index >= 15 is 0 Å². The fourth-order valence-electron chi connectivity index (χ4n) is 10.5. The normalized spacial score (nSPS) is 13.0. The third-order valence-corrected chi connectivity index (χ3v) is 31.0. The van der Waals surface area contributed by atoms with Crippen molar-refractivity contribution in [1.82, 2.24) is 0 Å². The first kappa shape index (κ1) is 59.1. The van der Waals surface area contributed by atoms with Crippen LogP contribution < -0.4 is 89.1 Å². The monoisotopic (exact) mass is 1010 g/mol. The van der Waals surface area contributed by atoms with Crippen molar-refractivity contribution in [2.24, 2.45) is 0 Å². The van der Waals surface area contributed by atoms with Gasteiger partial charge in [0.05, 0.1) is 48.4 Å². The van der Waals surface area contributed by atoms with Crippen LogP contribution >= 0.6 is 0 Å². The molecule has 0 amide bonds. The predicted molar refractivity (Wildman–Crippen MR) is 277 cm³/mol. The van der Waals surface area contributed by atoms with E-state index in [0.717, 1.165) is 0 Å². The van der Waals surface area contributed by atoms with Gasteiger partial charge in [-0.3, -0.25) is 0 Å². The van der Waals surface area contributed by atoms with Crippen molar-refractivity contribution >= 4 is 108 Å². The maximum Gasteiger partial charge on any atom is 4.00 e. The molecule has 0 heterocycles. The fourth-order valence-corrected chi connectivity index (χ4v) is 34.4. The Balaban J connectivity index is 0.00000841. The van der Waals surface area contributed by atoms with Crippen LogP contribution in [0.2, 0.25) is 118 Å². The van der Waals surface area contributed by atoms with E-state index in [1.54, 1.807) is 68.6 Å². The first-order valence-electron chi connectivity index (χ1n) is 21.2. The third kappa shape index (κ3) is 11.1. The van der Waals surface area contributed by atoms with Crippen LogP contribution in [0.5, 0.6) is 0 Å². The van der Waals surface area contributed by atoms with Crippen molar-refractivity contribution in [1.29, 1.82) is 0 Å². The molecule has 0 bridgehead atoms. The van der Waals surface area contributed by atoms with Gasteiger partial charge in [-0.05, 0) is 20.8 Å². The first-order chi connectivity index (χ1) is 24.5. The number of benzene rings is 3. The van der Waals surface area contributed by atoms with Crippen LogP contribution in [0.25, 0.3) is 0 Å². The van der Waals surface area contributed by atoms with E-state index in [2.05, 4.69) is 203 Å². The second-order valence-corrected chi connectivity index (χ2v) is 57.6. The summed E-state index contributed by atoms with van der Waals surface area (Å²) in [5, 5.41) is 16.9. The summed E-state index contributed by atoms with van der Waals surface area (Å²) in [4.78, 5) is 0. The zero-order valence-corrected chi connectivity index (χ0v) is 52.9. The van der Waals surface area contributed by atoms with Gasteiger partial charge in [0.25, 0.3) is 0 Å². The van der Waals surface area contributed by atoms with Gasteiger partial charge >= 0.3 is 21.7 Å². The molecule has 0 N–H and O–H groups in total. The maximum absolute atomic E-state index is 2.96. The molecular weight excluding hydrogens is 927 g/mol. The van der Waals surface area contributed by atoms with E-state index in [9.17, 15) is 0 Å². The minimum absolute atomic E-state index is 0. The first-order valence-corrected chi connectivity index (χ1v) is 44.2. The van der Waals surface area contributed by atoms with Gasteiger partial charge in [0, 0.05) is 0 Å². The van der Waals surface area contributed by atoms with E-state index in [1.165, 1.54) is 22.3 Å². The zero-order chi connectivity index (χ0) is 42.6. The second-order valence-electron chi connectivity index (χ2n) is 23.8. The van der Waals surface area contributed by atoms with E-state index in [4.69, 9.17) is 0 Å². The Morgan fingerprint density at radius 3 is 0.695 bits per heavy atom. The Kier molecular flexibility index (Phi) is 19.3. The third-order valence-electron chi connectivity index (χ3n) is 12.8. The molecule has 4 aromatic carbocycles. The minimum Gasteiger partial charge on any atom is -1.00 e. The molecule has 0 aliphatic carbocycles. The number of hydrogen-bond acceptors (Lipinski definition) is 0. The van der Waals surface area contributed by atoms with Gasteiger partial charge in [0.15, 0.2) is 0 Å². The van der Waals surface area contributed by atoms with Crippen molar-refractivity contribution in [3.8, 4) is 0 Å². The number of aryl methyl sites for hydroxylation is 3. The Labute approximate surface area is 405 Å². The van der Waals surface area contributed by atoms with Crippen molar-refractivity contribution in [2.75, 3.05) is 0 Å². The average molecular weight is 1010 g/mol. The van der Waals surface area contributed by atoms with Crippen molar-refractivity contribution in [3.63, 3.8) is 0 Å². The molecular formula is C48H81Cl3Si7Ti. The largest absolute Gasteiger partial charge is 4.00 e. The van der Waals surface area contributed by atoms with Gasteiger partial charge in [0.2, 0.25) is 0 Å². The van der Waals surface area contributed by atoms with Crippen molar-refractivity contribution in [3.05, 3.63) is 75.3 Å². The topological polar surface area (TPSA) is 0 Å². The molecule has 4 aromatic rings. The summed E-state index contributed by atoms with van der Waals surface area (Å²) >= 11 is 0. The molecule has 0 saturated carbocycles. The molecule has 0 nitrogen and oxygen atoms in total. The number of rotatable bonds is 10. The van der Waals surface area contributed by atoms with Gasteiger partial charge in [-0.2, -0.15) is 22.3 Å². The summed E-state index contributed by atoms with van der Waals surface area (Å²) in [6, 6.07) is 16.8. The molecule has 0 unspecified atom stereocenters. The molecule has 0 aromatic heterocycles. The standard InChI is InChI=1S/C48H81Si7.3ClH.Ti/c1-32-26-39(29-42(49(8,9)10)45(32)52(17,18)19)55(48-37(6)35(4)36(5)38(48)7,40-27-33(2)46(53(20,21)22)43(30-40)50(11,12)13)41-28-34(3)47(54(23,24)25)44(31-41)51(14,15)16;;;;/h26-31H,1-25H3;3*1H;/q-1;;;;+4/p-3. The molecule has 0 atom stereocenters. The summed E-state index contributed by atoms with van der Waals surface area (Å²) in [5.41, 5.74) is 10.7. The smallest absolute Gasteiger partial charge is 1.00 e. The zero-order valence-electron chi connectivity index (χ0n) is 42.1. The van der Waals surface area contributed by atoms with Crippen LogP contribution in [0.1, 0.15) is 38.9 Å². The summed E-state index contributed by atoms with van der Waals surface area (Å²) in [6.45, 7) is 64.0. The van der Waals surface area contributed by atoms with E-state index < -0.39 is 56.5 Å². The Bertz CT molecular complexity index is 1920. The summed E-state index contributed by atoms with van der Waals surface area (Å²) in [7, 11) is -13.2. The molecule has 0 aliphatic rings. The summed E-state index contributed by atoms with van der Waals surface area (Å²) in [5.74, 6) is 0. The van der Waals surface area contributed by atoms with E-state index in [1.807, 2.05) is 0 Å². The number of halogens is 3. The van der Waals surface area contributed by atoms with Crippen LogP contribution in [0.3, 0.4) is 0 Å². The molecule has 59 heavy (non-hydrogen) atoms. The maximum atomic E-state index is 2.85. The van der Waals surface area contributed by atoms with Crippen LogP contribution in [-0.4, -0.2) is 56.5 Å². The predicted octanol–water partition coefficient (Wildman–Crippen LogP) is -0.777. The second kappa shape index (κ2) is 19.3. The van der Waals surface area contributed by atoms with Crippen LogP contribution in [0.15, 0.2) is 36.4 Å². The van der Waals surface area contributed by atoms with Crippen molar-refractivity contribution in [2.45, 2.75) is 166 Å². The van der Waals surface area contributed by atoms with Gasteiger partial charge < -0.3 is 37.2 Å². The SMILES string of the molecule is Cc1cc([Si](c2cc(C)c([Si](C)(C)C)c([Si](C)(C)C)c2)(c2cc(C)c([Si](C)(C)C)c([Si](C)(C)C)c2)[c-]2c(C)c(C)c(C)c2C)cc([Si](C)(C)C)c1[Si](C)(C)C.[Cl-].[Cl-].[Cl-].[Ti+4]. The minimum atomic E-state index is -2.96. The molecule has 0 spiro atoms. The van der Waals surface area contributed by atoms with Crippen molar-refractivity contribution < 1.29 is 58.9 Å². The van der Waals surface area contributed by atoms with Crippen LogP contribution in [-0.2, 0) is 21.7 Å². The van der Waals surface area contributed by atoms with Crippen LogP contribution in [0.4, 0.5) is 0 Å². The molecule has 0 aliphatic heterocycles. The Morgan fingerprint density at radius 1 is 0.322 bits per heavy atom. The average Bonchev–Trinajstić information content (AvgIpc) is 3.15. The quantitative estimate of drug-likeness (QED) is 0.111. The van der Waals surface area contributed by atoms with Gasteiger partial charge in [-0.1, -0.05) is 245 Å². The molecule has 0 fully saturated rings. The molecule has 4 rings (SSSR count). The van der Waals surface area contributed by atoms with E-state index in [0.29, 0.717) is 0 Å². The Morgan fingerprint density at radius 2 is 0.525 bits per heavy atom. The van der Waals surface area contributed by atoms with E-state index in [-0.39, 0.29) is 58.9 Å². The molecule has 326 valence electrons. The molecule has 11 heteroatoms. The fraction of sp³-hybridized carbons (Fsp3) is 0.521. The Hall–Kier alpha value is 0.112. The van der Waals surface area contributed by atoms with Crippen LogP contribution in [0, 0.1) is 48.5 Å². The summed E-state index contributed by atoms with van der Waals surface area (Å²) < 4.78 is 0.